The molecule has 4 rings (SSSR count). The Morgan fingerprint density at radius 3 is 2.61 bits per heavy atom. The van der Waals surface area contributed by atoms with Gasteiger partial charge in [0.05, 0.1) is 16.9 Å². The van der Waals surface area contributed by atoms with E-state index in [-0.39, 0.29) is 28.5 Å². The molecule has 0 aliphatic heterocycles. The number of H-pyrrole nitrogens is 2. The van der Waals surface area contributed by atoms with Gasteiger partial charge in [0.2, 0.25) is 0 Å². The molecule has 0 radical (unpaired) electrons. The first-order chi connectivity index (χ1) is 14.8. The molecule has 0 amide bonds. The van der Waals surface area contributed by atoms with E-state index in [1.54, 1.807) is 13.0 Å². The first-order valence-corrected chi connectivity index (χ1v) is 10.9. The predicted molar refractivity (Wildman–Crippen MR) is 116 cm³/mol. The van der Waals surface area contributed by atoms with Crippen LogP contribution in [-0.2, 0) is 14.8 Å². The lowest BCUT2D eigenvalue weighted by Gasteiger charge is -2.10. The Bertz CT molecular complexity index is 1460. The molecule has 0 bridgehead atoms. The lowest BCUT2D eigenvalue weighted by Crippen LogP contribution is -2.13. The van der Waals surface area contributed by atoms with Crippen molar-refractivity contribution in [1.82, 2.24) is 9.97 Å². The first kappa shape index (κ1) is 20.8. The number of hydrogen-bond donors (Lipinski definition) is 3. The van der Waals surface area contributed by atoms with Crippen molar-refractivity contribution in [2.75, 3.05) is 11.3 Å². The molecule has 0 saturated carbocycles. The Balaban J connectivity index is 1.80. The molecule has 0 spiro atoms. The average Bonchev–Trinajstić information content (AvgIpc) is 3.13. The van der Waals surface area contributed by atoms with Crippen molar-refractivity contribution in [2.24, 2.45) is 0 Å². The molecule has 9 nitrogen and oxygen atoms in total. The minimum absolute atomic E-state index is 0.0385. The normalized spacial score (nSPS) is 11.5. The number of aromatic nitrogens is 2. The number of carbonyl (C=O) groups is 1. The van der Waals surface area contributed by atoms with Gasteiger partial charge in [-0.2, -0.15) is 0 Å². The zero-order chi connectivity index (χ0) is 22.2. The quantitative estimate of drug-likeness (QED) is 0.385. The first-order valence-electron chi connectivity index (χ1n) is 9.08. The molecule has 3 N–H and O–H groups in total. The van der Waals surface area contributed by atoms with E-state index in [1.165, 1.54) is 42.6 Å². The van der Waals surface area contributed by atoms with Crippen LogP contribution in [0, 0.1) is 0 Å². The zero-order valence-corrected chi connectivity index (χ0v) is 17.6. The van der Waals surface area contributed by atoms with E-state index in [1.807, 2.05) is 0 Å². The monoisotopic (exact) mass is 461 g/mol. The minimum atomic E-state index is -3.88. The number of halogens is 1. The number of carbonyl (C=O) groups excluding carboxylic acids is 1. The van der Waals surface area contributed by atoms with E-state index in [2.05, 4.69) is 14.7 Å². The third-order valence-electron chi connectivity index (χ3n) is 4.44. The summed E-state index contributed by atoms with van der Waals surface area (Å²) in [6.07, 6.45) is 0.442. The second-order valence-electron chi connectivity index (χ2n) is 6.46. The summed E-state index contributed by atoms with van der Waals surface area (Å²) in [6.45, 7) is 1.76. The van der Waals surface area contributed by atoms with Crippen molar-refractivity contribution < 1.29 is 22.7 Å². The van der Waals surface area contributed by atoms with Crippen molar-refractivity contribution in [2.45, 2.75) is 11.8 Å². The molecule has 4 aromatic rings. The Labute approximate surface area is 181 Å². The summed E-state index contributed by atoms with van der Waals surface area (Å²) in [5, 5.41) is 1.20. The highest BCUT2D eigenvalue weighted by Gasteiger charge is 2.18. The van der Waals surface area contributed by atoms with Gasteiger partial charge in [-0.3, -0.25) is 9.52 Å². The van der Waals surface area contributed by atoms with Crippen LogP contribution in [0.25, 0.3) is 21.8 Å². The molecule has 0 unspecified atom stereocenters. The number of anilines is 1. The molecule has 0 saturated heterocycles. The van der Waals surface area contributed by atoms with Gasteiger partial charge in [0.1, 0.15) is 5.52 Å². The van der Waals surface area contributed by atoms with E-state index in [9.17, 15) is 18.0 Å². The van der Waals surface area contributed by atoms with Crippen molar-refractivity contribution in [3.63, 3.8) is 0 Å². The van der Waals surface area contributed by atoms with Crippen molar-refractivity contribution in [1.29, 1.82) is 0 Å². The van der Waals surface area contributed by atoms with Crippen LogP contribution >= 0.6 is 11.6 Å². The van der Waals surface area contributed by atoms with E-state index in [4.69, 9.17) is 21.1 Å². The Morgan fingerprint density at radius 1 is 1.16 bits per heavy atom. The van der Waals surface area contributed by atoms with Gasteiger partial charge in [0, 0.05) is 27.8 Å². The molecule has 31 heavy (non-hydrogen) atoms. The zero-order valence-electron chi connectivity index (χ0n) is 16.1. The highest BCUT2D eigenvalue weighted by molar-refractivity contribution is 7.92. The second kappa shape index (κ2) is 7.97. The van der Waals surface area contributed by atoms with E-state index in [0.717, 1.165) is 0 Å². The summed E-state index contributed by atoms with van der Waals surface area (Å²) in [4.78, 5) is 29.6. The van der Waals surface area contributed by atoms with Gasteiger partial charge in [-0.1, -0.05) is 11.6 Å². The molecule has 2 aromatic heterocycles. The van der Waals surface area contributed by atoms with Gasteiger partial charge >= 0.3 is 6.16 Å². The molecule has 160 valence electrons. The summed E-state index contributed by atoms with van der Waals surface area (Å²) in [6, 6.07) is 10.3. The number of aromatic amines is 2. The lowest BCUT2D eigenvalue weighted by atomic mass is 10.1. The molecule has 11 heteroatoms. The number of pyridine rings is 1. The second-order valence-corrected chi connectivity index (χ2v) is 8.58. The van der Waals surface area contributed by atoms with Gasteiger partial charge in [0.25, 0.3) is 15.6 Å². The number of rotatable bonds is 5. The van der Waals surface area contributed by atoms with Gasteiger partial charge in [0.15, 0.2) is 5.75 Å². The lowest BCUT2D eigenvalue weighted by molar-refractivity contribution is 0.105. The molecular formula is C20H16ClN3O6S. The third kappa shape index (κ3) is 4.07. The number of fused-ring (bicyclic) bond motifs is 3. The van der Waals surface area contributed by atoms with Crippen LogP contribution in [0.15, 0.2) is 58.4 Å². The predicted octanol–water partition coefficient (Wildman–Crippen LogP) is 4.00. The van der Waals surface area contributed by atoms with Crippen LogP contribution in [0.1, 0.15) is 6.92 Å². The van der Waals surface area contributed by atoms with Crippen LogP contribution in [0.5, 0.6) is 5.75 Å². The molecular weight excluding hydrogens is 446 g/mol. The SMILES string of the molecule is CCOC(=O)Oc1c[nH]c2c(=O)[nH]c3ccc(NS(=O)(=O)c4ccc(Cl)cc4)cc3c12. The van der Waals surface area contributed by atoms with Crippen LogP contribution in [-0.4, -0.2) is 31.1 Å². The van der Waals surface area contributed by atoms with Gasteiger partial charge in [-0.25, -0.2) is 13.2 Å². The maximum absolute atomic E-state index is 12.7. The van der Waals surface area contributed by atoms with Crippen LogP contribution < -0.4 is 15.0 Å². The fraction of sp³-hybridized carbons (Fsp3) is 0.100. The minimum Gasteiger partial charge on any atom is -0.434 e. The van der Waals surface area contributed by atoms with Gasteiger partial charge < -0.3 is 19.4 Å². The number of benzene rings is 2. The third-order valence-corrected chi connectivity index (χ3v) is 6.09. The van der Waals surface area contributed by atoms with Crippen molar-refractivity contribution in [3.05, 3.63) is 64.0 Å². The molecule has 0 fully saturated rings. The number of nitrogens with one attached hydrogen (secondary N) is 3. The Kier molecular flexibility index (Phi) is 5.34. The summed E-state index contributed by atoms with van der Waals surface area (Å²) >= 11 is 5.82. The van der Waals surface area contributed by atoms with Gasteiger partial charge in [-0.05, 0) is 49.4 Å². The standard InChI is InChI=1S/C20H16ClN3O6S/c1-2-29-20(26)30-16-10-22-18-17(16)14-9-12(5-8-15(14)23-19(18)25)24-31(27,28)13-6-3-11(21)4-7-13/h3-10,22,24H,2H2,1H3,(H,23,25). The summed E-state index contributed by atoms with van der Waals surface area (Å²) < 4.78 is 37.9. The summed E-state index contributed by atoms with van der Waals surface area (Å²) in [5.74, 6) is 0.0854. The average molecular weight is 462 g/mol. The summed E-state index contributed by atoms with van der Waals surface area (Å²) in [5.41, 5.74) is 0.430. The van der Waals surface area contributed by atoms with Crippen molar-refractivity contribution in [3.8, 4) is 5.75 Å². The molecule has 0 aliphatic rings. The van der Waals surface area contributed by atoms with E-state index in [0.29, 0.717) is 21.3 Å². The summed E-state index contributed by atoms with van der Waals surface area (Å²) in [7, 11) is -3.88. The maximum atomic E-state index is 12.7. The smallest absolute Gasteiger partial charge is 0.434 e. The fourth-order valence-electron chi connectivity index (χ4n) is 3.11. The number of hydrogen-bond acceptors (Lipinski definition) is 6. The Hall–Kier alpha value is -3.50. The molecule has 0 aliphatic carbocycles. The van der Waals surface area contributed by atoms with Crippen molar-refractivity contribution >= 4 is 55.3 Å². The fourth-order valence-corrected chi connectivity index (χ4v) is 4.28. The highest BCUT2D eigenvalue weighted by Crippen LogP contribution is 2.32. The van der Waals surface area contributed by atoms with Crippen LogP contribution in [0.2, 0.25) is 5.02 Å². The topological polar surface area (TPSA) is 130 Å². The molecule has 2 heterocycles. The number of sulfonamides is 1. The van der Waals surface area contributed by atoms with Crippen LogP contribution in [0.3, 0.4) is 0 Å². The van der Waals surface area contributed by atoms with E-state index < -0.39 is 21.7 Å². The van der Waals surface area contributed by atoms with Gasteiger partial charge in [-0.15, -0.1) is 0 Å². The van der Waals surface area contributed by atoms with Crippen LogP contribution in [0.4, 0.5) is 10.5 Å². The molecule has 0 atom stereocenters. The molecule has 2 aromatic carbocycles. The maximum Gasteiger partial charge on any atom is 0.513 e. The highest BCUT2D eigenvalue weighted by atomic mass is 35.5. The van der Waals surface area contributed by atoms with E-state index >= 15 is 0 Å². The number of ether oxygens (including phenoxy) is 2. The Morgan fingerprint density at radius 2 is 1.90 bits per heavy atom. The largest absolute Gasteiger partial charge is 0.513 e.